The van der Waals surface area contributed by atoms with Crippen LogP contribution in [0.2, 0.25) is 13.1 Å². The van der Waals surface area contributed by atoms with E-state index in [1.165, 1.54) is 15.9 Å². The summed E-state index contributed by atoms with van der Waals surface area (Å²) in [6, 6.07) is 13.9. The van der Waals surface area contributed by atoms with Crippen LogP contribution in [0.15, 0.2) is 36.5 Å². The third-order valence-electron chi connectivity index (χ3n) is 3.25. The van der Waals surface area contributed by atoms with Crippen LogP contribution in [-0.2, 0) is 19.5 Å². The summed E-state index contributed by atoms with van der Waals surface area (Å²) in [5.41, 5.74) is 2.38. The van der Waals surface area contributed by atoms with Gasteiger partial charge in [-0.15, -0.1) is 35.0 Å². The van der Waals surface area contributed by atoms with Crippen molar-refractivity contribution < 1.29 is 19.5 Å². The Labute approximate surface area is 110 Å². The van der Waals surface area contributed by atoms with Crippen molar-refractivity contribution in [1.82, 2.24) is 4.98 Å². The molecular formula is C13H12NRhSi-. The van der Waals surface area contributed by atoms with Gasteiger partial charge in [0.15, 0.2) is 0 Å². The molecule has 83 valence electrons. The second kappa shape index (κ2) is 3.90. The van der Waals surface area contributed by atoms with Crippen molar-refractivity contribution in [1.29, 1.82) is 0 Å². The largest absolute Gasteiger partial charge is 0.305 e. The van der Waals surface area contributed by atoms with E-state index < -0.39 is 8.07 Å². The zero-order valence-corrected chi connectivity index (χ0v) is 11.9. The van der Waals surface area contributed by atoms with Crippen LogP contribution in [0.3, 0.4) is 0 Å². The van der Waals surface area contributed by atoms with Gasteiger partial charge in [-0.2, -0.15) is 0 Å². The molecule has 0 bridgehead atoms. The Bertz CT molecular complexity index is 489. The van der Waals surface area contributed by atoms with E-state index in [2.05, 4.69) is 42.3 Å². The topological polar surface area (TPSA) is 12.9 Å². The normalized spacial score (nSPS) is 14.9. The van der Waals surface area contributed by atoms with Crippen LogP contribution in [0.1, 0.15) is 0 Å². The molecule has 2 aromatic rings. The van der Waals surface area contributed by atoms with E-state index >= 15 is 0 Å². The summed E-state index contributed by atoms with van der Waals surface area (Å²) >= 11 is 0. The Kier molecular flexibility index (Phi) is 2.85. The van der Waals surface area contributed by atoms with E-state index in [-0.39, 0.29) is 19.5 Å². The van der Waals surface area contributed by atoms with Gasteiger partial charge in [-0.05, 0) is 11.8 Å². The van der Waals surface area contributed by atoms with Gasteiger partial charge in [0.25, 0.3) is 0 Å². The van der Waals surface area contributed by atoms with Crippen molar-refractivity contribution in [3.05, 3.63) is 42.6 Å². The maximum Gasteiger partial charge on any atom is 0.0570 e. The average molecular weight is 313 g/mol. The molecule has 1 aromatic carbocycles. The van der Waals surface area contributed by atoms with Crippen LogP contribution in [-0.4, -0.2) is 13.1 Å². The van der Waals surface area contributed by atoms with Crippen molar-refractivity contribution in [3.63, 3.8) is 0 Å². The van der Waals surface area contributed by atoms with Gasteiger partial charge < -0.3 is 4.98 Å². The van der Waals surface area contributed by atoms with E-state index in [9.17, 15) is 0 Å². The first-order chi connectivity index (χ1) is 7.21. The maximum atomic E-state index is 4.50. The Morgan fingerprint density at radius 2 is 1.88 bits per heavy atom. The van der Waals surface area contributed by atoms with Gasteiger partial charge in [-0.25, -0.2) is 0 Å². The van der Waals surface area contributed by atoms with E-state index in [1.54, 1.807) is 0 Å². The monoisotopic (exact) mass is 313 g/mol. The second-order valence-corrected chi connectivity index (χ2v) is 8.81. The first-order valence-corrected chi connectivity index (χ1v) is 8.18. The molecule has 0 saturated carbocycles. The number of aromatic nitrogens is 1. The standard InChI is InChI=1S/C13H12NSi.Rh/c1-15(2)11-7-4-3-6-10(11)13-12(15)8-5-9-14-13;/h3-5,7-9H,1-2H3;/q-1;. The number of benzene rings is 1. The molecule has 1 aliphatic rings. The molecule has 1 aliphatic heterocycles. The number of hydrogen-bond acceptors (Lipinski definition) is 1. The molecule has 1 nitrogen and oxygen atoms in total. The molecule has 3 rings (SSSR count). The van der Waals surface area contributed by atoms with Crippen molar-refractivity contribution in [2.75, 3.05) is 0 Å². The molecule has 0 spiro atoms. The summed E-state index contributed by atoms with van der Waals surface area (Å²) < 4.78 is 0. The summed E-state index contributed by atoms with van der Waals surface area (Å²) in [4.78, 5) is 4.50. The van der Waals surface area contributed by atoms with Gasteiger partial charge >= 0.3 is 0 Å². The molecule has 0 atom stereocenters. The smallest absolute Gasteiger partial charge is 0.0570 e. The molecule has 0 N–H and O–H groups in total. The molecule has 3 heteroatoms. The predicted octanol–water partition coefficient (Wildman–Crippen LogP) is 1.68. The molecule has 0 aliphatic carbocycles. The molecule has 0 saturated heterocycles. The summed E-state index contributed by atoms with van der Waals surface area (Å²) in [6.45, 7) is 4.76. The van der Waals surface area contributed by atoms with Crippen LogP contribution in [0.5, 0.6) is 0 Å². The number of nitrogens with zero attached hydrogens (tertiary/aromatic N) is 1. The molecule has 16 heavy (non-hydrogen) atoms. The fraction of sp³-hybridized carbons (Fsp3) is 0.154. The minimum absolute atomic E-state index is 0. The Morgan fingerprint density at radius 3 is 2.69 bits per heavy atom. The second-order valence-electron chi connectivity index (χ2n) is 4.48. The van der Waals surface area contributed by atoms with Gasteiger partial charge in [0.1, 0.15) is 0 Å². The van der Waals surface area contributed by atoms with Crippen LogP contribution in [0.25, 0.3) is 11.3 Å². The SMILES string of the molecule is C[Si]1(C)c2ccc[c-]c2-c2ncccc21.[Rh]. The molecular weight excluding hydrogens is 301 g/mol. The van der Waals surface area contributed by atoms with E-state index in [1.807, 2.05) is 18.3 Å². The van der Waals surface area contributed by atoms with E-state index in [0.29, 0.717) is 0 Å². The van der Waals surface area contributed by atoms with Gasteiger partial charge in [-0.1, -0.05) is 24.3 Å². The Morgan fingerprint density at radius 1 is 1.12 bits per heavy atom. The summed E-state index contributed by atoms with van der Waals surface area (Å²) in [5, 5.41) is 2.92. The van der Waals surface area contributed by atoms with Gasteiger partial charge in [0.05, 0.1) is 8.07 Å². The Hall–Kier alpha value is -0.790. The summed E-state index contributed by atoms with van der Waals surface area (Å²) in [5.74, 6) is 0. The average Bonchev–Trinajstić information content (AvgIpc) is 2.51. The fourth-order valence-corrected chi connectivity index (χ4v) is 5.32. The van der Waals surface area contributed by atoms with Crippen LogP contribution < -0.4 is 10.4 Å². The summed E-state index contributed by atoms with van der Waals surface area (Å²) in [7, 11) is -1.48. The quantitative estimate of drug-likeness (QED) is 0.533. The molecule has 0 fully saturated rings. The first kappa shape index (κ1) is 11.7. The van der Waals surface area contributed by atoms with E-state index in [4.69, 9.17) is 0 Å². The third kappa shape index (κ3) is 1.42. The minimum Gasteiger partial charge on any atom is -0.305 e. The molecule has 1 aromatic heterocycles. The fourth-order valence-electron chi connectivity index (χ4n) is 2.41. The van der Waals surface area contributed by atoms with Gasteiger partial charge in [0.2, 0.25) is 0 Å². The zero-order valence-electron chi connectivity index (χ0n) is 9.24. The van der Waals surface area contributed by atoms with Crippen LogP contribution in [0.4, 0.5) is 0 Å². The third-order valence-corrected chi connectivity index (χ3v) is 6.76. The van der Waals surface area contributed by atoms with Crippen LogP contribution >= 0.6 is 0 Å². The minimum atomic E-state index is -1.48. The maximum absolute atomic E-state index is 4.50. The van der Waals surface area contributed by atoms with Crippen molar-refractivity contribution >= 4 is 18.4 Å². The Balaban J connectivity index is 0.000000963. The van der Waals surface area contributed by atoms with Crippen molar-refractivity contribution in [2.24, 2.45) is 0 Å². The number of fused-ring (bicyclic) bond motifs is 3. The summed E-state index contributed by atoms with van der Waals surface area (Å²) in [6.07, 6.45) is 1.87. The molecule has 0 amide bonds. The van der Waals surface area contributed by atoms with Crippen molar-refractivity contribution in [3.8, 4) is 11.3 Å². The molecule has 2 heterocycles. The van der Waals surface area contributed by atoms with Crippen molar-refractivity contribution in [2.45, 2.75) is 13.1 Å². The predicted molar refractivity (Wildman–Crippen MR) is 65.3 cm³/mol. The molecule has 0 unspecified atom stereocenters. The number of pyridine rings is 1. The van der Waals surface area contributed by atoms with Gasteiger partial charge in [0, 0.05) is 25.7 Å². The number of hydrogen-bond donors (Lipinski definition) is 0. The molecule has 1 radical (unpaired) electrons. The van der Waals surface area contributed by atoms with E-state index in [0.717, 1.165) is 5.69 Å². The van der Waals surface area contributed by atoms with Gasteiger partial charge in [-0.3, -0.25) is 0 Å². The number of rotatable bonds is 0. The zero-order chi connectivity index (χ0) is 10.5. The first-order valence-electron chi connectivity index (χ1n) is 5.18. The van der Waals surface area contributed by atoms with Crippen LogP contribution in [0, 0.1) is 6.07 Å².